The van der Waals surface area contributed by atoms with Gasteiger partial charge in [0.15, 0.2) is 0 Å². The SMILES string of the molecule is O=C(Cc1ccc(Cl)cc1)Nc1n[nH]c(C(F)(F)F)n1. The number of anilines is 1. The smallest absolute Gasteiger partial charge is 0.293 e. The third-order valence-electron chi connectivity index (χ3n) is 2.28. The molecule has 0 radical (unpaired) electrons. The van der Waals surface area contributed by atoms with E-state index in [9.17, 15) is 18.0 Å². The zero-order valence-electron chi connectivity index (χ0n) is 9.83. The number of carbonyl (C=O) groups is 1. The highest BCUT2D eigenvalue weighted by Crippen LogP contribution is 2.26. The van der Waals surface area contributed by atoms with Gasteiger partial charge in [0.1, 0.15) is 0 Å². The summed E-state index contributed by atoms with van der Waals surface area (Å²) in [4.78, 5) is 14.7. The summed E-state index contributed by atoms with van der Waals surface area (Å²) in [5.74, 6) is -2.21. The standard InChI is InChI=1S/C11H8ClF3N4O/c12-7-3-1-6(2-4-7)5-8(20)16-10-17-9(18-19-10)11(13,14)15/h1-4H,5H2,(H2,16,17,18,19,20). The predicted octanol–water partition coefficient (Wildman–Crippen LogP) is 2.66. The predicted molar refractivity (Wildman–Crippen MR) is 65.2 cm³/mol. The first-order valence-electron chi connectivity index (χ1n) is 5.38. The van der Waals surface area contributed by atoms with Crippen molar-refractivity contribution in [3.05, 3.63) is 40.7 Å². The number of benzene rings is 1. The molecular weight excluding hydrogens is 297 g/mol. The van der Waals surface area contributed by atoms with Crippen molar-refractivity contribution in [3.63, 3.8) is 0 Å². The Labute approximate surface area is 116 Å². The zero-order valence-corrected chi connectivity index (χ0v) is 10.6. The Morgan fingerprint density at radius 1 is 1.30 bits per heavy atom. The Morgan fingerprint density at radius 2 is 1.95 bits per heavy atom. The van der Waals surface area contributed by atoms with E-state index in [0.717, 1.165) is 0 Å². The van der Waals surface area contributed by atoms with E-state index in [1.165, 1.54) is 0 Å². The van der Waals surface area contributed by atoms with Gasteiger partial charge in [-0.2, -0.15) is 18.2 Å². The third-order valence-corrected chi connectivity index (χ3v) is 2.54. The van der Waals surface area contributed by atoms with Crippen LogP contribution in [0.1, 0.15) is 11.4 Å². The van der Waals surface area contributed by atoms with E-state index in [1.54, 1.807) is 29.4 Å². The molecule has 0 unspecified atom stereocenters. The molecule has 0 aliphatic heterocycles. The molecule has 9 heteroatoms. The molecule has 2 N–H and O–H groups in total. The summed E-state index contributed by atoms with van der Waals surface area (Å²) in [7, 11) is 0. The Balaban J connectivity index is 1.98. The lowest BCUT2D eigenvalue weighted by Gasteiger charge is -2.02. The number of hydrogen-bond donors (Lipinski definition) is 2. The van der Waals surface area contributed by atoms with Gasteiger partial charge in [-0.25, -0.2) is 0 Å². The van der Waals surface area contributed by atoms with E-state index in [4.69, 9.17) is 11.6 Å². The van der Waals surface area contributed by atoms with Crippen LogP contribution in [0.5, 0.6) is 0 Å². The van der Waals surface area contributed by atoms with Crippen molar-refractivity contribution >= 4 is 23.5 Å². The van der Waals surface area contributed by atoms with E-state index in [0.29, 0.717) is 10.6 Å². The van der Waals surface area contributed by atoms with E-state index >= 15 is 0 Å². The molecule has 0 aliphatic rings. The molecule has 2 aromatic rings. The van der Waals surface area contributed by atoms with Crippen molar-refractivity contribution < 1.29 is 18.0 Å². The maximum atomic E-state index is 12.3. The summed E-state index contributed by atoms with van der Waals surface area (Å²) in [6.45, 7) is 0. The summed E-state index contributed by atoms with van der Waals surface area (Å²) < 4.78 is 36.8. The number of nitrogens with one attached hydrogen (secondary N) is 2. The van der Waals surface area contributed by atoms with Crippen molar-refractivity contribution in [2.24, 2.45) is 0 Å². The van der Waals surface area contributed by atoms with Crippen molar-refractivity contribution in [3.8, 4) is 0 Å². The van der Waals surface area contributed by atoms with Crippen molar-refractivity contribution in [1.82, 2.24) is 15.2 Å². The van der Waals surface area contributed by atoms with Crippen LogP contribution in [0.25, 0.3) is 0 Å². The molecule has 0 saturated heterocycles. The summed E-state index contributed by atoms with van der Waals surface area (Å²) in [5.41, 5.74) is 0.665. The second kappa shape index (κ2) is 5.49. The molecule has 1 amide bonds. The molecule has 0 fully saturated rings. The first-order valence-corrected chi connectivity index (χ1v) is 5.76. The maximum Gasteiger partial charge on any atom is 0.451 e. The summed E-state index contributed by atoms with van der Waals surface area (Å²) in [6, 6.07) is 6.50. The van der Waals surface area contributed by atoms with Crippen LogP contribution in [-0.2, 0) is 17.4 Å². The number of aromatic amines is 1. The summed E-state index contributed by atoms with van der Waals surface area (Å²) in [6.07, 6.45) is -4.65. The van der Waals surface area contributed by atoms with Crippen LogP contribution in [0.15, 0.2) is 24.3 Å². The minimum Gasteiger partial charge on any atom is -0.293 e. The van der Waals surface area contributed by atoms with Gasteiger partial charge in [-0.1, -0.05) is 23.7 Å². The molecule has 5 nitrogen and oxygen atoms in total. The highest BCUT2D eigenvalue weighted by Gasteiger charge is 2.35. The monoisotopic (exact) mass is 304 g/mol. The van der Waals surface area contributed by atoms with Crippen LogP contribution in [0, 0.1) is 0 Å². The van der Waals surface area contributed by atoms with Crippen molar-refractivity contribution in [2.45, 2.75) is 12.6 Å². The molecule has 1 heterocycles. The maximum absolute atomic E-state index is 12.3. The third kappa shape index (κ3) is 3.70. The first kappa shape index (κ1) is 14.3. The molecule has 0 bridgehead atoms. The first-order chi connectivity index (χ1) is 9.34. The molecule has 0 aliphatic carbocycles. The molecule has 2 rings (SSSR count). The second-order valence-electron chi connectivity index (χ2n) is 3.86. The van der Waals surface area contributed by atoms with Gasteiger partial charge in [0, 0.05) is 5.02 Å². The summed E-state index contributed by atoms with van der Waals surface area (Å²) >= 11 is 5.69. The van der Waals surface area contributed by atoms with Gasteiger partial charge in [0.25, 0.3) is 0 Å². The van der Waals surface area contributed by atoms with Gasteiger partial charge in [0.05, 0.1) is 6.42 Å². The number of aromatic nitrogens is 3. The Hall–Kier alpha value is -2.09. The summed E-state index contributed by atoms with van der Waals surface area (Å²) in [5, 5.41) is 7.67. The molecule has 106 valence electrons. The zero-order chi connectivity index (χ0) is 14.8. The minimum absolute atomic E-state index is 0.0208. The number of rotatable bonds is 3. The van der Waals surface area contributed by atoms with E-state index < -0.39 is 23.9 Å². The van der Waals surface area contributed by atoms with Gasteiger partial charge < -0.3 is 0 Å². The van der Waals surface area contributed by atoms with E-state index in [1.807, 2.05) is 0 Å². The number of amides is 1. The van der Waals surface area contributed by atoms with Gasteiger partial charge in [0.2, 0.25) is 17.7 Å². The number of halogens is 4. The number of nitrogens with zero attached hydrogens (tertiary/aromatic N) is 2. The van der Waals surface area contributed by atoms with Gasteiger partial charge in [-0.05, 0) is 17.7 Å². The van der Waals surface area contributed by atoms with Crippen LogP contribution in [-0.4, -0.2) is 21.1 Å². The van der Waals surface area contributed by atoms with Crippen LogP contribution >= 0.6 is 11.6 Å². The Morgan fingerprint density at radius 3 is 2.50 bits per heavy atom. The quantitative estimate of drug-likeness (QED) is 0.916. The van der Waals surface area contributed by atoms with Crippen LogP contribution < -0.4 is 5.32 Å². The van der Waals surface area contributed by atoms with Crippen LogP contribution in [0.4, 0.5) is 19.1 Å². The van der Waals surface area contributed by atoms with Gasteiger partial charge >= 0.3 is 6.18 Å². The van der Waals surface area contributed by atoms with Gasteiger partial charge in [-0.3, -0.25) is 15.2 Å². The normalized spacial score (nSPS) is 11.4. The number of alkyl halides is 3. The Kier molecular flexibility index (Phi) is 3.93. The van der Waals surface area contributed by atoms with Gasteiger partial charge in [-0.15, -0.1) is 5.10 Å². The van der Waals surface area contributed by atoms with E-state index in [-0.39, 0.29) is 6.42 Å². The largest absolute Gasteiger partial charge is 0.451 e. The van der Waals surface area contributed by atoms with Crippen molar-refractivity contribution in [2.75, 3.05) is 5.32 Å². The van der Waals surface area contributed by atoms with E-state index in [2.05, 4.69) is 15.4 Å². The molecule has 0 saturated carbocycles. The number of carbonyl (C=O) groups excluding carboxylic acids is 1. The lowest BCUT2D eigenvalue weighted by molar-refractivity contribution is -0.144. The minimum atomic E-state index is -4.63. The van der Waals surface area contributed by atoms with Crippen molar-refractivity contribution in [1.29, 1.82) is 0 Å². The fraction of sp³-hybridized carbons (Fsp3) is 0.182. The molecule has 1 aromatic carbocycles. The van der Waals surface area contributed by atoms with Crippen LogP contribution in [0.2, 0.25) is 5.02 Å². The molecular formula is C11H8ClF3N4O. The molecule has 1 aromatic heterocycles. The fourth-order valence-corrected chi connectivity index (χ4v) is 1.53. The lowest BCUT2D eigenvalue weighted by atomic mass is 10.1. The topological polar surface area (TPSA) is 70.7 Å². The fourth-order valence-electron chi connectivity index (χ4n) is 1.40. The second-order valence-corrected chi connectivity index (χ2v) is 4.29. The molecule has 0 atom stereocenters. The number of H-pyrrole nitrogens is 1. The number of hydrogen-bond acceptors (Lipinski definition) is 3. The average Bonchev–Trinajstić information content (AvgIpc) is 2.80. The highest BCUT2D eigenvalue weighted by molar-refractivity contribution is 6.30. The molecule has 20 heavy (non-hydrogen) atoms. The highest BCUT2D eigenvalue weighted by atomic mass is 35.5. The average molecular weight is 305 g/mol. The lowest BCUT2D eigenvalue weighted by Crippen LogP contribution is -2.15. The van der Waals surface area contributed by atoms with Crippen LogP contribution in [0.3, 0.4) is 0 Å². The molecule has 0 spiro atoms. The Bertz CT molecular complexity index is 609.